The van der Waals surface area contributed by atoms with Crippen LogP contribution in [0, 0.1) is 0 Å². The van der Waals surface area contributed by atoms with Crippen molar-refractivity contribution in [1.82, 2.24) is 19.5 Å². The number of hydrogen-bond donors (Lipinski definition) is 1. The highest BCUT2D eigenvalue weighted by molar-refractivity contribution is 7.48. The molecule has 5 heterocycles. The highest BCUT2D eigenvalue weighted by Gasteiger charge is 2.64. The van der Waals surface area contributed by atoms with Gasteiger partial charge in [0.15, 0.2) is 29.1 Å². The Morgan fingerprint density at radius 2 is 2.08 bits per heavy atom. The van der Waals surface area contributed by atoms with Gasteiger partial charge in [0.1, 0.15) is 12.4 Å². The van der Waals surface area contributed by atoms with Crippen LogP contribution in [0.5, 0.6) is 5.88 Å². The van der Waals surface area contributed by atoms with Crippen LogP contribution in [0.15, 0.2) is 36.7 Å². The minimum Gasteiger partial charge on any atom is -0.476 e. The molecule has 0 unspecified atom stereocenters. The molecule has 3 saturated heterocycles. The zero-order chi connectivity index (χ0) is 26.5. The van der Waals surface area contributed by atoms with Gasteiger partial charge in [0.2, 0.25) is 11.8 Å². The molecule has 38 heavy (non-hydrogen) atoms. The Balaban J connectivity index is 1.26. The fraction of sp³-hybridized carbons (Fsp3) is 0.478. The number of imidazole rings is 1. The summed E-state index contributed by atoms with van der Waals surface area (Å²) in [5, 5.41) is 0. The van der Waals surface area contributed by atoms with Gasteiger partial charge in [-0.25, -0.2) is 14.3 Å². The zero-order valence-corrected chi connectivity index (χ0v) is 21.5. The summed E-state index contributed by atoms with van der Waals surface area (Å²) >= 11 is 0. The molecule has 0 bridgehead atoms. The third-order valence-corrected chi connectivity index (χ3v) is 8.10. The lowest BCUT2D eigenvalue weighted by Gasteiger charge is -2.29. The number of phosphoric acid groups is 1. The van der Waals surface area contributed by atoms with Crippen molar-refractivity contribution in [2.45, 2.75) is 50.4 Å². The molecule has 6 rings (SSSR count). The van der Waals surface area contributed by atoms with E-state index in [1.807, 2.05) is 30.3 Å². The molecule has 2 N–H and O–H groups in total. The van der Waals surface area contributed by atoms with E-state index in [0.717, 1.165) is 5.56 Å². The number of aromatic nitrogens is 4. The quantitative estimate of drug-likeness (QED) is 0.338. The minimum atomic E-state index is -3.94. The van der Waals surface area contributed by atoms with Crippen molar-refractivity contribution in [3.8, 4) is 5.88 Å². The summed E-state index contributed by atoms with van der Waals surface area (Å²) < 4.78 is 54.7. The van der Waals surface area contributed by atoms with Crippen LogP contribution in [0.1, 0.15) is 38.2 Å². The Bertz CT molecular complexity index is 1400. The van der Waals surface area contributed by atoms with Gasteiger partial charge in [-0.05, 0) is 19.4 Å². The van der Waals surface area contributed by atoms with Gasteiger partial charge in [0.05, 0.1) is 25.9 Å². The van der Waals surface area contributed by atoms with E-state index in [1.54, 1.807) is 18.4 Å². The number of phosphoric ester groups is 1. The van der Waals surface area contributed by atoms with Crippen molar-refractivity contribution < 1.29 is 41.9 Å². The monoisotopic (exact) mass is 547 g/mol. The minimum absolute atomic E-state index is 0.00414. The molecule has 3 fully saturated rings. The van der Waals surface area contributed by atoms with Crippen molar-refractivity contribution in [3.05, 3.63) is 42.2 Å². The van der Waals surface area contributed by atoms with Crippen molar-refractivity contribution in [1.29, 1.82) is 0 Å². The van der Waals surface area contributed by atoms with Gasteiger partial charge < -0.3 is 24.7 Å². The maximum Gasteiger partial charge on any atom is 0.509 e. The van der Waals surface area contributed by atoms with E-state index >= 15 is 0 Å². The van der Waals surface area contributed by atoms with Crippen molar-refractivity contribution in [2.75, 3.05) is 25.6 Å². The third-order valence-electron chi connectivity index (χ3n) is 6.62. The number of hydrogen-bond acceptors (Lipinski definition) is 13. The van der Waals surface area contributed by atoms with Gasteiger partial charge in [-0.15, -0.1) is 0 Å². The highest BCUT2D eigenvalue weighted by atomic mass is 31.2. The molecule has 202 valence electrons. The summed E-state index contributed by atoms with van der Waals surface area (Å²) in [4.78, 5) is 24.9. The number of rotatable bonds is 7. The van der Waals surface area contributed by atoms with Crippen molar-refractivity contribution in [2.24, 2.45) is 0 Å². The molecule has 1 aromatic carbocycles. The molecule has 3 aliphatic rings. The summed E-state index contributed by atoms with van der Waals surface area (Å²) in [7, 11) is -3.94. The van der Waals surface area contributed by atoms with Crippen molar-refractivity contribution in [3.63, 3.8) is 0 Å². The molecule has 3 aliphatic heterocycles. The third kappa shape index (κ3) is 4.28. The molecular formula is C23H26N5O9P. The molecule has 2 aromatic heterocycles. The zero-order valence-electron chi connectivity index (χ0n) is 20.6. The molecule has 0 amide bonds. The largest absolute Gasteiger partial charge is 0.509 e. The van der Waals surface area contributed by atoms with Gasteiger partial charge in [0, 0.05) is 6.42 Å². The van der Waals surface area contributed by atoms with Crippen LogP contribution >= 0.6 is 7.82 Å². The number of nitrogens with two attached hydrogens (primary N) is 1. The number of carbonyl (C=O) groups is 1. The van der Waals surface area contributed by atoms with E-state index in [9.17, 15) is 9.36 Å². The predicted octanol–water partition coefficient (Wildman–Crippen LogP) is 3.30. The first-order valence-corrected chi connectivity index (χ1v) is 13.6. The summed E-state index contributed by atoms with van der Waals surface area (Å²) in [5.41, 5.74) is 6.04. The van der Waals surface area contributed by atoms with E-state index in [1.165, 1.54) is 6.33 Å². The van der Waals surface area contributed by atoms with E-state index < -0.39 is 44.1 Å². The summed E-state index contributed by atoms with van der Waals surface area (Å²) in [6.45, 7) is 3.71. The second-order valence-electron chi connectivity index (χ2n) is 9.11. The lowest BCUT2D eigenvalue weighted by atomic mass is 9.96. The van der Waals surface area contributed by atoms with Crippen LogP contribution in [0.25, 0.3) is 11.2 Å². The van der Waals surface area contributed by atoms with Crippen LogP contribution in [-0.2, 0) is 32.3 Å². The number of nitrogen functional groups attached to an aromatic ring is 1. The first kappa shape index (κ1) is 25.0. The average molecular weight is 547 g/mol. The Hall–Kier alpha value is -3.29. The summed E-state index contributed by atoms with van der Waals surface area (Å²) in [5.74, 6) is 0.192. The fourth-order valence-electron chi connectivity index (χ4n) is 4.94. The van der Waals surface area contributed by atoms with Gasteiger partial charge in [-0.3, -0.25) is 18.1 Å². The van der Waals surface area contributed by atoms with Gasteiger partial charge in [-0.1, -0.05) is 30.3 Å². The topological polar surface area (TPSA) is 168 Å². The maximum absolute atomic E-state index is 13.3. The molecule has 3 aromatic rings. The Morgan fingerprint density at radius 3 is 2.87 bits per heavy atom. The molecule has 0 saturated carbocycles. The molecule has 0 radical (unpaired) electrons. The van der Waals surface area contributed by atoms with E-state index in [2.05, 4.69) is 15.0 Å². The van der Waals surface area contributed by atoms with Crippen molar-refractivity contribution >= 4 is 31.1 Å². The van der Waals surface area contributed by atoms with E-state index in [-0.39, 0.29) is 30.7 Å². The van der Waals surface area contributed by atoms with E-state index in [0.29, 0.717) is 18.5 Å². The Kier molecular flexibility index (Phi) is 6.23. The highest BCUT2D eigenvalue weighted by Crippen LogP contribution is 2.58. The molecular weight excluding hydrogens is 521 g/mol. The number of carbonyl (C=O) groups excluding carboxylic acids is 1. The fourth-order valence-corrected chi connectivity index (χ4v) is 6.34. The summed E-state index contributed by atoms with van der Waals surface area (Å²) in [6, 6.07) is 9.40. The number of fused-ring (bicyclic) bond motifs is 2. The van der Waals surface area contributed by atoms with E-state index in [4.69, 9.17) is 38.3 Å². The predicted molar refractivity (Wildman–Crippen MR) is 129 cm³/mol. The summed E-state index contributed by atoms with van der Waals surface area (Å²) in [6.07, 6.45) is -2.05. The van der Waals surface area contributed by atoms with Crippen LogP contribution in [-0.4, -0.2) is 63.3 Å². The lowest BCUT2D eigenvalue weighted by molar-refractivity contribution is -0.0924. The standard InChI is InChI=1S/C23H26N5O9P/c1-3-31-19-16-18(26-21(24)27-19)25-12-28(16)20-23(2)17(35-22(29)36-23)15(34-20)11-33-38(30)32-10-9-14(37-38)13-7-5-4-6-8-13/h4-8,12,14-15,17,20H,3,9-11H2,1-2H3,(H2,24,26,27)/t14-,15+,17+,20+,23+,38+/m0/s1. The van der Waals surface area contributed by atoms with Gasteiger partial charge in [-0.2, -0.15) is 9.97 Å². The lowest BCUT2D eigenvalue weighted by Crippen LogP contribution is -2.42. The molecule has 15 heteroatoms. The SMILES string of the molecule is CCOc1nc(N)nc2ncn([C@@H]3O[C@H](CO[P@@]4(=O)OCC[C@@H](c5ccccc5)O4)[C@H]4OC(=O)O[C@]43C)c12. The number of benzene rings is 1. The molecule has 6 atom stereocenters. The molecule has 0 spiro atoms. The van der Waals surface area contributed by atoms with Crippen LogP contribution in [0.2, 0.25) is 0 Å². The second kappa shape index (κ2) is 9.47. The van der Waals surface area contributed by atoms with Crippen LogP contribution in [0.3, 0.4) is 0 Å². The molecule has 0 aliphatic carbocycles. The number of ether oxygens (including phenoxy) is 4. The number of anilines is 1. The van der Waals surface area contributed by atoms with Gasteiger partial charge in [0.25, 0.3) is 0 Å². The smallest absolute Gasteiger partial charge is 0.476 e. The Morgan fingerprint density at radius 1 is 1.26 bits per heavy atom. The number of nitrogens with zero attached hydrogens (tertiary/aromatic N) is 4. The van der Waals surface area contributed by atoms with Crippen LogP contribution < -0.4 is 10.5 Å². The molecule has 14 nitrogen and oxygen atoms in total. The first-order chi connectivity index (χ1) is 18.3. The average Bonchev–Trinajstić information content (AvgIpc) is 3.52. The first-order valence-electron chi connectivity index (χ1n) is 12.1. The second-order valence-corrected chi connectivity index (χ2v) is 10.7. The normalized spacial score (nSPS) is 32.6. The maximum atomic E-state index is 13.3. The van der Waals surface area contributed by atoms with Gasteiger partial charge >= 0.3 is 14.0 Å². The Labute approximate surface area is 216 Å². The van der Waals surface area contributed by atoms with Crippen LogP contribution in [0.4, 0.5) is 10.7 Å².